The molecule has 0 saturated heterocycles. The van der Waals surface area contributed by atoms with Gasteiger partial charge in [0.05, 0.1) is 6.42 Å². The zero-order valence-corrected chi connectivity index (χ0v) is 18.6. The molecule has 5 nitrogen and oxygen atoms in total. The first-order chi connectivity index (χ1) is 14.2. The monoisotopic (exact) mass is 431 g/mol. The van der Waals surface area contributed by atoms with Gasteiger partial charge in [0, 0.05) is 11.1 Å². The van der Waals surface area contributed by atoms with E-state index >= 15 is 0 Å². The first-order valence-corrected chi connectivity index (χ1v) is 10.5. The second-order valence-corrected chi connectivity index (χ2v) is 8.65. The summed E-state index contributed by atoms with van der Waals surface area (Å²) in [5.74, 6) is -0.345. The number of rotatable bonds is 9. The highest BCUT2D eigenvalue weighted by atomic mass is 35.5. The predicted octanol–water partition coefficient (Wildman–Crippen LogP) is 5.69. The van der Waals surface area contributed by atoms with Gasteiger partial charge >= 0.3 is 12.1 Å². The summed E-state index contributed by atoms with van der Waals surface area (Å²) in [7, 11) is 0. The molecule has 2 aromatic carbocycles. The van der Waals surface area contributed by atoms with E-state index < -0.39 is 11.7 Å². The lowest BCUT2D eigenvalue weighted by Gasteiger charge is -2.23. The number of carbonyl (C=O) groups excluding carboxylic acids is 2. The van der Waals surface area contributed by atoms with Crippen LogP contribution in [0.5, 0.6) is 0 Å². The Morgan fingerprint density at radius 2 is 1.67 bits per heavy atom. The number of ether oxygens (including phenoxy) is 2. The van der Waals surface area contributed by atoms with E-state index in [9.17, 15) is 9.59 Å². The summed E-state index contributed by atoms with van der Waals surface area (Å²) in [5, 5.41) is 3.51. The third-order valence-corrected chi connectivity index (χ3v) is 4.55. The van der Waals surface area contributed by atoms with Gasteiger partial charge in [-0.05, 0) is 63.3 Å². The van der Waals surface area contributed by atoms with Crippen LogP contribution in [0.1, 0.15) is 51.2 Å². The molecule has 0 bridgehead atoms. The zero-order chi connectivity index (χ0) is 22.0. The van der Waals surface area contributed by atoms with E-state index in [1.807, 2.05) is 75.4 Å². The van der Waals surface area contributed by atoms with Crippen molar-refractivity contribution in [3.63, 3.8) is 0 Å². The highest BCUT2D eigenvalue weighted by molar-refractivity contribution is 6.30. The lowest BCUT2D eigenvalue weighted by molar-refractivity contribution is -0.155. The van der Waals surface area contributed by atoms with Crippen molar-refractivity contribution in [1.82, 2.24) is 5.32 Å². The molecule has 0 saturated carbocycles. The third kappa shape index (κ3) is 9.79. The smallest absolute Gasteiger partial charge is 0.407 e. The maximum Gasteiger partial charge on any atom is 0.407 e. The fourth-order valence-electron chi connectivity index (χ4n) is 2.94. The van der Waals surface area contributed by atoms with Gasteiger partial charge in [-0.15, -0.1) is 0 Å². The molecule has 0 heterocycles. The summed E-state index contributed by atoms with van der Waals surface area (Å²) in [6.07, 6.45) is 1.80. The van der Waals surface area contributed by atoms with E-state index in [2.05, 4.69) is 5.32 Å². The molecule has 1 N–H and O–H groups in total. The Bertz CT molecular complexity index is 800. The Labute approximate surface area is 183 Å². The predicted molar refractivity (Wildman–Crippen MR) is 118 cm³/mol. The molecule has 162 valence electrons. The Morgan fingerprint density at radius 3 is 2.30 bits per heavy atom. The highest BCUT2D eigenvalue weighted by Gasteiger charge is 2.22. The van der Waals surface area contributed by atoms with Crippen molar-refractivity contribution in [2.75, 3.05) is 0 Å². The molecule has 0 radical (unpaired) electrons. The summed E-state index contributed by atoms with van der Waals surface area (Å²) >= 11 is 5.92. The van der Waals surface area contributed by atoms with Crippen molar-refractivity contribution in [2.45, 2.75) is 64.7 Å². The van der Waals surface area contributed by atoms with Gasteiger partial charge in [0.2, 0.25) is 0 Å². The van der Waals surface area contributed by atoms with Crippen LogP contribution < -0.4 is 5.32 Å². The molecule has 2 aromatic rings. The Kier molecular flexibility index (Phi) is 9.18. The molecule has 1 amide bonds. The topological polar surface area (TPSA) is 64.6 Å². The number of aryl methyl sites for hydroxylation is 1. The van der Waals surface area contributed by atoms with Gasteiger partial charge in [-0.25, -0.2) is 4.79 Å². The van der Waals surface area contributed by atoms with Gasteiger partial charge in [0.25, 0.3) is 0 Å². The van der Waals surface area contributed by atoms with Crippen molar-refractivity contribution < 1.29 is 19.1 Å². The van der Waals surface area contributed by atoms with Crippen LogP contribution in [0.4, 0.5) is 4.79 Å². The SMILES string of the molecule is CC(C)(C)OC(=O)CC(CCCc1ccc(Cl)cc1)NC(=O)OCc1ccccc1. The summed E-state index contributed by atoms with van der Waals surface area (Å²) in [5.41, 5.74) is 1.49. The molecule has 0 aliphatic rings. The quantitative estimate of drug-likeness (QED) is 0.518. The number of hydrogen-bond acceptors (Lipinski definition) is 4. The average molecular weight is 432 g/mol. The second kappa shape index (κ2) is 11.6. The van der Waals surface area contributed by atoms with Crippen LogP contribution in [0.2, 0.25) is 5.02 Å². The molecule has 1 atom stereocenters. The van der Waals surface area contributed by atoms with Crippen molar-refractivity contribution in [3.8, 4) is 0 Å². The van der Waals surface area contributed by atoms with Crippen molar-refractivity contribution in [3.05, 3.63) is 70.7 Å². The molecular weight excluding hydrogens is 402 g/mol. The highest BCUT2D eigenvalue weighted by Crippen LogP contribution is 2.15. The largest absolute Gasteiger partial charge is 0.460 e. The normalized spacial score (nSPS) is 12.1. The second-order valence-electron chi connectivity index (χ2n) is 8.21. The van der Waals surface area contributed by atoms with Crippen LogP contribution in [0.25, 0.3) is 0 Å². The first kappa shape index (κ1) is 23.7. The van der Waals surface area contributed by atoms with Crippen molar-refractivity contribution in [2.24, 2.45) is 0 Å². The molecular formula is C24H30ClNO4. The number of esters is 1. The minimum absolute atomic E-state index is 0.0956. The van der Waals surface area contributed by atoms with Crippen LogP contribution in [0, 0.1) is 0 Å². The van der Waals surface area contributed by atoms with Crippen LogP contribution in [0.15, 0.2) is 54.6 Å². The number of halogens is 1. The molecule has 2 rings (SSSR count). The summed E-state index contributed by atoms with van der Waals surface area (Å²) < 4.78 is 10.7. The zero-order valence-electron chi connectivity index (χ0n) is 17.8. The van der Waals surface area contributed by atoms with Gasteiger partial charge in [-0.3, -0.25) is 4.79 Å². The lowest BCUT2D eigenvalue weighted by atomic mass is 10.0. The molecule has 0 spiro atoms. The van der Waals surface area contributed by atoms with E-state index in [0.717, 1.165) is 24.0 Å². The number of amides is 1. The number of benzene rings is 2. The fraction of sp³-hybridized carbons (Fsp3) is 0.417. The minimum Gasteiger partial charge on any atom is -0.460 e. The van der Waals surface area contributed by atoms with E-state index in [4.69, 9.17) is 21.1 Å². The maximum atomic E-state index is 12.3. The van der Waals surface area contributed by atoms with Crippen LogP contribution >= 0.6 is 11.6 Å². The summed E-state index contributed by atoms with van der Waals surface area (Å²) in [4.78, 5) is 24.5. The van der Waals surface area contributed by atoms with Gasteiger partial charge in [0.1, 0.15) is 12.2 Å². The Hall–Kier alpha value is -2.53. The number of nitrogens with one attached hydrogen (secondary N) is 1. The molecule has 6 heteroatoms. The Morgan fingerprint density at radius 1 is 1.00 bits per heavy atom. The lowest BCUT2D eigenvalue weighted by Crippen LogP contribution is -2.38. The fourth-order valence-corrected chi connectivity index (χ4v) is 3.07. The van der Waals surface area contributed by atoms with Crippen LogP contribution in [-0.2, 0) is 27.3 Å². The summed E-state index contributed by atoms with van der Waals surface area (Å²) in [6.45, 7) is 5.64. The minimum atomic E-state index is -0.571. The van der Waals surface area contributed by atoms with Gasteiger partial charge in [-0.1, -0.05) is 54.1 Å². The van der Waals surface area contributed by atoms with E-state index in [1.54, 1.807) is 0 Å². The van der Waals surface area contributed by atoms with Gasteiger partial charge in [-0.2, -0.15) is 0 Å². The number of hydrogen-bond donors (Lipinski definition) is 1. The van der Waals surface area contributed by atoms with Crippen LogP contribution in [0.3, 0.4) is 0 Å². The molecule has 0 aliphatic heterocycles. The molecule has 0 aliphatic carbocycles. The Balaban J connectivity index is 1.89. The van der Waals surface area contributed by atoms with Crippen molar-refractivity contribution >= 4 is 23.7 Å². The third-order valence-electron chi connectivity index (χ3n) is 4.30. The molecule has 0 aromatic heterocycles. The average Bonchev–Trinajstić information content (AvgIpc) is 2.67. The van der Waals surface area contributed by atoms with Gasteiger partial charge < -0.3 is 14.8 Å². The standard InChI is InChI=1S/C24H30ClNO4/c1-24(2,3)30-22(27)16-21(11-7-10-18-12-14-20(25)15-13-18)26-23(28)29-17-19-8-5-4-6-9-19/h4-6,8-9,12-15,21H,7,10-11,16-17H2,1-3H3,(H,26,28). The van der Waals surface area contributed by atoms with Crippen molar-refractivity contribution in [1.29, 1.82) is 0 Å². The van der Waals surface area contributed by atoms with E-state index in [-0.39, 0.29) is 25.0 Å². The number of alkyl carbamates (subject to hydrolysis) is 1. The molecule has 1 unspecified atom stereocenters. The first-order valence-electron chi connectivity index (χ1n) is 10.1. The van der Waals surface area contributed by atoms with E-state index in [0.29, 0.717) is 11.4 Å². The summed E-state index contributed by atoms with van der Waals surface area (Å²) in [6, 6.07) is 16.8. The molecule has 0 fully saturated rings. The maximum absolute atomic E-state index is 12.3. The van der Waals surface area contributed by atoms with E-state index in [1.165, 1.54) is 0 Å². The van der Waals surface area contributed by atoms with Crippen LogP contribution in [-0.4, -0.2) is 23.7 Å². The number of carbonyl (C=O) groups is 2. The van der Waals surface area contributed by atoms with Gasteiger partial charge in [0.15, 0.2) is 0 Å². The molecule has 30 heavy (non-hydrogen) atoms.